The highest BCUT2D eigenvalue weighted by atomic mass is 16.5. The molecule has 0 aromatic heterocycles. The van der Waals surface area contributed by atoms with Crippen LogP contribution >= 0.6 is 0 Å². The van der Waals surface area contributed by atoms with Crippen molar-refractivity contribution in [3.05, 3.63) is 143 Å². The Balaban J connectivity index is 1.51. The Morgan fingerprint density at radius 2 is 1.22 bits per heavy atom. The molecule has 0 fully saturated rings. The van der Waals surface area contributed by atoms with E-state index in [1.165, 1.54) is 12.7 Å². The number of aryl methyl sites for hydroxylation is 1. The molecular formula is C33H29NO3. The molecule has 0 unspecified atom stereocenters. The zero-order valence-electron chi connectivity index (χ0n) is 21.0. The van der Waals surface area contributed by atoms with E-state index in [1.807, 2.05) is 116 Å². The van der Waals surface area contributed by atoms with Gasteiger partial charge >= 0.3 is 5.97 Å². The van der Waals surface area contributed by atoms with Gasteiger partial charge in [-0.1, -0.05) is 102 Å². The van der Waals surface area contributed by atoms with Gasteiger partial charge in [-0.25, -0.2) is 4.79 Å². The number of rotatable bonds is 7. The number of methoxy groups -OCH3 is 1. The number of hydrogen-bond acceptors (Lipinski definition) is 3. The van der Waals surface area contributed by atoms with Crippen LogP contribution in [-0.4, -0.2) is 25.0 Å². The fraction of sp³-hybridized carbons (Fsp3) is 0.152. The van der Waals surface area contributed by atoms with Gasteiger partial charge in [0.05, 0.1) is 13.0 Å². The molecule has 0 aliphatic carbocycles. The Bertz CT molecular complexity index is 1340. The summed E-state index contributed by atoms with van der Waals surface area (Å²) >= 11 is 0. The second kappa shape index (κ2) is 12.4. The summed E-state index contributed by atoms with van der Waals surface area (Å²) in [5.74, 6) is 5.04. The lowest BCUT2D eigenvalue weighted by molar-refractivity contribution is -0.145. The van der Waals surface area contributed by atoms with E-state index in [0.717, 1.165) is 27.8 Å². The molecule has 4 nitrogen and oxygen atoms in total. The number of amides is 1. The third-order valence-electron chi connectivity index (χ3n) is 6.13. The van der Waals surface area contributed by atoms with Gasteiger partial charge in [0.2, 0.25) is 5.91 Å². The average molecular weight is 488 g/mol. The summed E-state index contributed by atoms with van der Waals surface area (Å²) in [5, 5.41) is 2.94. The number of carbonyl (C=O) groups excluding carboxylic acids is 2. The first-order valence-electron chi connectivity index (χ1n) is 12.2. The fourth-order valence-electron chi connectivity index (χ4n) is 4.12. The second-order valence-electron chi connectivity index (χ2n) is 8.86. The fourth-order valence-corrected chi connectivity index (χ4v) is 4.12. The Labute approximate surface area is 218 Å². The summed E-state index contributed by atoms with van der Waals surface area (Å²) in [6.07, 6.45) is 0.306. The van der Waals surface area contributed by atoms with Crippen LogP contribution in [0.25, 0.3) is 0 Å². The minimum absolute atomic E-state index is 0.256. The lowest BCUT2D eigenvalue weighted by Crippen LogP contribution is -2.45. The van der Waals surface area contributed by atoms with Crippen molar-refractivity contribution in [3.8, 4) is 11.8 Å². The summed E-state index contributed by atoms with van der Waals surface area (Å²) in [4.78, 5) is 26.2. The minimum Gasteiger partial charge on any atom is -0.467 e. The molecule has 37 heavy (non-hydrogen) atoms. The first-order valence-corrected chi connectivity index (χ1v) is 12.2. The van der Waals surface area contributed by atoms with Gasteiger partial charge in [0.1, 0.15) is 6.04 Å². The van der Waals surface area contributed by atoms with Crippen molar-refractivity contribution in [3.63, 3.8) is 0 Å². The second-order valence-corrected chi connectivity index (χ2v) is 8.86. The number of carbonyl (C=O) groups is 2. The highest BCUT2D eigenvalue weighted by Crippen LogP contribution is 2.25. The van der Waals surface area contributed by atoms with Crippen LogP contribution in [0.4, 0.5) is 0 Å². The molecule has 1 atom stereocenters. The van der Waals surface area contributed by atoms with Crippen LogP contribution in [0.2, 0.25) is 0 Å². The molecule has 0 radical (unpaired) electrons. The van der Waals surface area contributed by atoms with Crippen molar-refractivity contribution in [1.29, 1.82) is 0 Å². The van der Waals surface area contributed by atoms with Crippen molar-refractivity contribution in [1.82, 2.24) is 5.32 Å². The van der Waals surface area contributed by atoms with Gasteiger partial charge < -0.3 is 10.1 Å². The van der Waals surface area contributed by atoms with Crippen molar-refractivity contribution in [2.24, 2.45) is 0 Å². The van der Waals surface area contributed by atoms with E-state index in [1.54, 1.807) is 0 Å². The third-order valence-corrected chi connectivity index (χ3v) is 6.13. The molecule has 0 spiro atoms. The lowest BCUT2D eigenvalue weighted by atomic mass is 9.90. The summed E-state index contributed by atoms with van der Waals surface area (Å²) < 4.78 is 5.02. The van der Waals surface area contributed by atoms with Crippen molar-refractivity contribution < 1.29 is 14.3 Å². The zero-order valence-corrected chi connectivity index (χ0v) is 21.0. The minimum atomic E-state index is -0.822. The molecule has 1 N–H and O–H groups in total. The number of esters is 1. The maximum atomic E-state index is 13.5. The van der Waals surface area contributed by atoms with Crippen molar-refractivity contribution >= 4 is 11.9 Å². The molecule has 0 saturated heterocycles. The van der Waals surface area contributed by atoms with Gasteiger partial charge in [0.25, 0.3) is 0 Å². The Morgan fingerprint density at radius 3 is 1.70 bits per heavy atom. The van der Waals surface area contributed by atoms with Crippen LogP contribution in [0.1, 0.15) is 39.3 Å². The summed E-state index contributed by atoms with van der Waals surface area (Å²) in [7, 11) is 1.33. The van der Waals surface area contributed by atoms with E-state index in [0.29, 0.717) is 6.42 Å². The van der Waals surface area contributed by atoms with Gasteiger partial charge in [-0.15, -0.1) is 0 Å². The largest absolute Gasteiger partial charge is 0.467 e. The molecule has 4 heteroatoms. The molecule has 0 aliphatic rings. The lowest BCUT2D eigenvalue weighted by Gasteiger charge is -2.22. The van der Waals surface area contributed by atoms with Gasteiger partial charge in [-0.3, -0.25) is 4.79 Å². The van der Waals surface area contributed by atoms with Crippen LogP contribution in [0.3, 0.4) is 0 Å². The molecule has 0 bridgehead atoms. The monoisotopic (exact) mass is 487 g/mol. The SMILES string of the molecule is COC(=O)[C@H](Cc1ccc(C#Cc2ccc(C)cc2)cc1)NC(=O)C(c1ccccc1)c1ccccc1. The average Bonchev–Trinajstić information content (AvgIpc) is 2.94. The normalized spacial score (nSPS) is 11.2. The predicted molar refractivity (Wildman–Crippen MR) is 146 cm³/mol. The number of benzene rings is 4. The van der Waals surface area contributed by atoms with E-state index in [-0.39, 0.29) is 5.91 Å². The molecule has 1 amide bonds. The smallest absolute Gasteiger partial charge is 0.328 e. The van der Waals surface area contributed by atoms with Crippen molar-refractivity contribution in [2.45, 2.75) is 25.3 Å². The van der Waals surface area contributed by atoms with Crippen LogP contribution in [0.5, 0.6) is 0 Å². The molecule has 4 aromatic rings. The molecule has 184 valence electrons. The van der Waals surface area contributed by atoms with Gasteiger partial charge in [0.15, 0.2) is 0 Å². The van der Waals surface area contributed by atoms with Crippen LogP contribution in [-0.2, 0) is 20.7 Å². The number of ether oxygens (including phenoxy) is 1. The molecule has 0 aliphatic heterocycles. The van der Waals surface area contributed by atoms with E-state index in [9.17, 15) is 9.59 Å². The maximum Gasteiger partial charge on any atom is 0.328 e. The standard InChI is InChI=1S/C33H29NO3/c1-24-13-15-25(16-14-24)17-18-26-19-21-27(22-20-26)23-30(33(36)37-2)34-32(35)31(28-9-5-3-6-10-28)29-11-7-4-8-12-29/h3-16,19-22,30-31H,23H2,1-2H3,(H,34,35)/t30-/m0/s1. The Hall–Kier alpha value is -4.62. The highest BCUT2D eigenvalue weighted by Gasteiger charge is 2.28. The van der Waals surface area contributed by atoms with Gasteiger partial charge in [0, 0.05) is 17.5 Å². The van der Waals surface area contributed by atoms with E-state index < -0.39 is 17.9 Å². The van der Waals surface area contributed by atoms with Gasteiger partial charge in [-0.2, -0.15) is 0 Å². The zero-order chi connectivity index (χ0) is 26.0. The first kappa shape index (κ1) is 25.5. The summed E-state index contributed by atoms with van der Waals surface area (Å²) in [5.41, 5.74) is 5.62. The van der Waals surface area contributed by atoms with E-state index in [2.05, 4.69) is 17.2 Å². The topological polar surface area (TPSA) is 55.4 Å². The maximum absolute atomic E-state index is 13.5. The van der Waals surface area contributed by atoms with Crippen LogP contribution < -0.4 is 5.32 Å². The summed E-state index contributed by atoms with van der Waals surface area (Å²) in [6.45, 7) is 2.05. The molecule has 4 aromatic carbocycles. The predicted octanol–water partition coefficient (Wildman–Crippen LogP) is 5.43. The van der Waals surface area contributed by atoms with E-state index >= 15 is 0 Å². The summed E-state index contributed by atoms with van der Waals surface area (Å²) in [6, 6.07) is 34.0. The Kier molecular flexibility index (Phi) is 8.52. The van der Waals surface area contributed by atoms with Crippen LogP contribution in [0.15, 0.2) is 109 Å². The number of nitrogens with one attached hydrogen (secondary N) is 1. The molecule has 4 rings (SSSR count). The Morgan fingerprint density at radius 1 is 0.730 bits per heavy atom. The van der Waals surface area contributed by atoms with Crippen molar-refractivity contribution in [2.75, 3.05) is 7.11 Å². The molecule has 0 saturated carbocycles. The van der Waals surface area contributed by atoms with E-state index in [4.69, 9.17) is 4.74 Å². The molecular weight excluding hydrogens is 458 g/mol. The third kappa shape index (κ3) is 6.96. The quantitative estimate of drug-likeness (QED) is 0.280. The molecule has 0 heterocycles. The highest BCUT2D eigenvalue weighted by molar-refractivity contribution is 5.91. The number of hydrogen-bond donors (Lipinski definition) is 1. The first-order chi connectivity index (χ1) is 18.0. The van der Waals surface area contributed by atoms with Crippen LogP contribution in [0, 0.1) is 18.8 Å². The van der Waals surface area contributed by atoms with Gasteiger partial charge in [-0.05, 0) is 47.9 Å².